The second-order valence-corrected chi connectivity index (χ2v) is 4.88. The Morgan fingerprint density at radius 2 is 2.35 bits per heavy atom. The van der Waals surface area contributed by atoms with E-state index < -0.39 is 11.9 Å². The van der Waals surface area contributed by atoms with Gasteiger partial charge >= 0.3 is 0 Å². The molecule has 1 unspecified atom stereocenters. The molecule has 0 aliphatic carbocycles. The van der Waals surface area contributed by atoms with Gasteiger partial charge in [-0.15, -0.1) is 0 Å². The van der Waals surface area contributed by atoms with E-state index in [9.17, 15) is 14.4 Å². The van der Waals surface area contributed by atoms with Crippen LogP contribution in [0.2, 0.25) is 5.15 Å². The van der Waals surface area contributed by atoms with Crippen LogP contribution in [0.3, 0.4) is 0 Å². The van der Waals surface area contributed by atoms with Gasteiger partial charge in [0.2, 0.25) is 12.3 Å². The Hall–Kier alpha value is -1.95. The number of aromatic nitrogens is 1. The van der Waals surface area contributed by atoms with Crippen LogP contribution < -0.4 is 5.32 Å². The number of carbonyl (C=O) groups is 3. The first-order chi connectivity index (χ1) is 9.58. The maximum Gasteiger partial charge on any atom is 0.256 e. The minimum atomic E-state index is -0.675. The number of fused-ring (bicyclic) bond motifs is 1. The number of hydrogen-bond donors (Lipinski definition) is 1. The van der Waals surface area contributed by atoms with Crippen LogP contribution in [-0.2, 0) is 16.1 Å². The van der Waals surface area contributed by atoms with E-state index in [1.54, 1.807) is 12.1 Å². The third kappa shape index (κ3) is 2.65. The molecule has 0 spiro atoms. The quantitative estimate of drug-likeness (QED) is 0.652. The fourth-order valence-electron chi connectivity index (χ4n) is 2.29. The van der Waals surface area contributed by atoms with Gasteiger partial charge in [0.25, 0.3) is 5.91 Å². The van der Waals surface area contributed by atoms with Crippen LogP contribution in [0.25, 0.3) is 0 Å². The number of amides is 3. The molecule has 20 heavy (non-hydrogen) atoms. The molecular weight excluding hydrogens is 282 g/mol. The van der Waals surface area contributed by atoms with E-state index in [1.165, 1.54) is 4.90 Å². The van der Waals surface area contributed by atoms with Crippen LogP contribution in [0.5, 0.6) is 0 Å². The number of carbonyl (C=O) groups excluding carboxylic acids is 3. The molecule has 3 amide bonds. The summed E-state index contributed by atoms with van der Waals surface area (Å²) in [7, 11) is 0. The molecule has 1 aromatic heterocycles. The van der Waals surface area contributed by atoms with Gasteiger partial charge in [0.1, 0.15) is 11.2 Å². The van der Waals surface area contributed by atoms with E-state index in [1.807, 2.05) is 6.92 Å². The Morgan fingerprint density at radius 1 is 1.60 bits per heavy atom. The zero-order valence-corrected chi connectivity index (χ0v) is 11.7. The maximum absolute atomic E-state index is 12.3. The molecule has 0 saturated carbocycles. The fraction of sp³-hybridized carbons (Fsp3) is 0.385. The minimum Gasteiger partial charge on any atom is -0.321 e. The van der Waals surface area contributed by atoms with Crippen LogP contribution >= 0.6 is 11.6 Å². The number of pyridine rings is 1. The van der Waals surface area contributed by atoms with E-state index in [4.69, 9.17) is 11.6 Å². The van der Waals surface area contributed by atoms with Gasteiger partial charge < -0.3 is 4.90 Å². The van der Waals surface area contributed by atoms with Crippen molar-refractivity contribution in [3.05, 3.63) is 28.5 Å². The Kier molecular flexibility index (Phi) is 4.34. The largest absolute Gasteiger partial charge is 0.321 e. The molecule has 0 radical (unpaired) electrons. The van der Waals surface area contributed by atoms with Crippen LogP contribution in [0.4, 0.5) is 0 Å². The average Bonchev–Trinajstić information content (AvgIpc) is 2.72. The monoisotopic (exact) mass is 295 g/mol. The number of nitrogens with one attached hydrogen (secondary N) is 1. The molecule has 6 nitrogen and oxygen atoms in total. The zero-order chi connectivity index (χ0) is 14.7. The summed E-state index contributed by atoms with van der Waals surface area (Å²) >= 11 is 5.81. The van der Waals surface area contributed by atoms with E-state index in [0.29, 0.717) is 35.7 Å². The molecule has 0 bridgehead atoms. The first-order valence-corrected chi connectivity index (χ1v) is 6.66. The summed E-state index contributed by atoms with van der Waals surface area (Å²) in [4.78, 5) is 40.2. The minimum absolute atomic E-state index is 0.228. The van der Waals surface area contributed by atoms with Gasteiger partial charge in [0, 0.05) is 0 Å². The summed E-state index contributed by atoms with van der Waals surface area (Å²) in [5.74, 6) is -0.738. The molecule has 1 N–H and O–H groups in total. The van der Waals surface area contributed by atoms with Crippen LogP contribution in [-0.4, -0.2) is 34.2 Å². The molecule has 2 heterocycles. The Labute approximate surface area is 121 Å². The Bertz CT molecular complexity index is 562. The van der Waals surface area contributed by atoms with Crippen molar-refractivity contribution < 1.29 is 14.4 Å². The molecule has 0 saturated heterocycles. The van der Waals surface area contributed by atoms with E-state index in [-0.39, 0.29) is 12.5 Å². The molecular formula is C13H14ClN3O3. The molecule has 1 aromatic rings. The maximum atomic E-state index is 12.3. The molecule has 1 atom stereocenters. The predicted molar refractivity (Wildman–Crippen MR) is 72.0 cm³/mol. The second kappa shape index (κ2) is 6.00. The topological polar surface area (TPSA) is 79.4 Å². The van der Waals surface area contributed by atoms with Crippen molar-refractivity contribution in [2.75, 3.05) is 0 Å². The van der Waals surface area contributed by atoms with Crippen LogP contribution in [0.15, 0.2) is 12.1 Å². The van der Waals surface area contributed by atoms with Gasteiger partial charge in [-0.3, -0.25) is 19.7 Å². The van der Waals surface area contributed by atoms with Crippen molar-refractivity contribution in [1.82, 2.24) is 15.2 Å². The smallest absolute Gasteiger partial charge is 0.256 e. The van der Waals surface area contributed by atoms with Gasteiger partial charge in [-0.05, 0) is 18.6 Å². The molecule has 1 aliphatic rings. The average molecular weight is 296 g/mol. The number of imide groups is 1. The molecule has 2 rings (SSSR count). The summed E-state index contributed by atoms with van der Waals surface area (Å²) in [6.45, 7) is 2.13. The summed E-state index contributed by atoms with van der Waals surface area (Å²) < 4.78 is 0. The number of hydrogen-bond acceptors (Lipinski definition) is 4. The molecule has 7 heteroatoms. The Balaban J connectivity index is 2.26. The van der Waals surface area contributed by atoms with Gasteiger partial charge in [-0.1, -0.05) is 24.9 Å². The predicted octanol–water partition coefficient (Wildman–Crippen LogP) is 1.13. The van der Waals surface area contributed by atoms with E-state index in [0.717, 1.165) is 0 Å². The lowest BCUT2D eigenvalue weighted by atomic mass is 10.1. The highest BCUT2D eigenvalue weighted by atomic mass is 35.5. The van der Waals surface area contributed by atoms with E-state index in [2.05, 4.69) is 10.3 Å². The summed E-state index contributed by atoms with van der Waals surface area (Å²) in [5, 5.41) is 2.41. The highest BCUT2D eigenvalue weighted by Crippen LogP contribution is 2.26. The summed E-state index contributed by atoms with van der Waals surface area (Å²) in [6.07, 6.45) is 1.52. The van der Waals surface area contributed by atoms with Gasteiger partial charge in [-0.2, -0.15) is 0 Å². The third-order valence-corrected chi connectivity index (χ3v) is 3.40. The first kappa shape index (κ1) is 14.5. The van der Waals surface area contributed by atoms with Gasteiger partial charge in [0.15, 0.2) is 0 Å². The van der Waals surface area contributed by atoms with Gasteiger partial charge in [0.05, 0.1) is 17.8 Å². The van der Waals surface area contributed by atoms with E-state index >= 15 is 0 Å². The second-order valence-electron chi connectivity index (χ2n) is 4.49. The van der Waals surface area contributed by atoms with Crippen molar-refractivity contribution in [2.24, 2.45) is 0 Å². The van der Waals surface area contributed by atoms with Crippen molar-refractivity contribution in [1.29, 1.82) is 0 Å². The molecule has 0 aromatic carbocycles. The van der Waals surface area contributed by atoms with Crippen LogP contribution in [0, 0.1) is 0 Å². The highest BCUT2D eigenvalue weighted by molar-refractivity contribution is 6.29. The van der Waals surface area contributed by atoms with Crippen molar-refractivity contribution >= 4 is 29.8 Å². The highest BCUT2D eigenvalue weighted by Gasteiger charge is 2.36. The molecule has 106 valence electrons. The number of rotatable bonds is 5. The SMILES string of the molecule is CCCC(C(=O)NC=O)N1Cc2nc(Cl)ccc2C1=O. The number of halogens is 1. The fourth-order valence-corrected chi connectivity index (χ4v) is 2.45. The Morgan fingerprint density at radius 3 is 3.00 bits per heavy atom. The van der Waals surface area contributed by atoms with Crippen molar-refractivity contribution in [2.45, 2.75) is 32.4 Å². The van der Waals surface area contributed by atoms with Crippen molar-refractivity contribution in [3.8, 4) is 0 Å². The molecule has 1 aliphatic heterocycles. The zero-order valence-electron chi connectivity index (χ0n) is 10.9. The van der Waals surface area contributed by atoms with Crippen molar-refractivity contribution in [3.63, 3.8) is 0 Å². The lowest BCUT2D eigenvalue weighted by molar-refractivity contribution is -0.129. The van der Waals surface area contributed by atoms with Gasteiger partial charge in [-0.25, -0.2) is 4.98 Å². The summed E-state index contributed by atoms with van der Waals surface area (Å²) in [5.41, 5.74) is 1.01. The third-order valence-electron chi connectivity index (χ3n) is 3.19. The lowest BCUT2D eigenvalue weighted by Crippen LogP contribution is -2.46. The first-order valence-electron chi connectivity index (χ1n) is 6.29. The summed E-state index contributed by atoms with van der Waals surface area (Å²) in [6, 6.07) is 2.47. The standard InChI is InChI=1S/C13H14ClN3O3/c1-2-3-10(12(19)15-7-18)17-6-9-8(13(17)20)4-5-11(14)16-9/h4-5,7,10H,2-3,6H2,1H3,(H,15,18,19). The normalized spacial score (nSPS) is 14.9. The lowest BCUT2D eigenvalue weighted by Gasteiger charge is -2.25. The number of nitrogens with zero attached hydrogens (tertiary/aromatic N) is 2. The molecule has 0 fully saturated rings. The van der Waals surface area contributed by atoms with Crippen LogP contribution in [0.1, 0.15) is 35.8 Å².